The van der Waals surface area contributed by atoms with E-state index in [-0.39, 0.29) is 16.4 Å². The van der Waals surface area contributed by atoms with Crippen LogP contribution >= 0.6 is 0 Å². The molecule has 4 heteroatoms. The van der Waals surface area contributed by atoms with Crippen molar-refractivity contribution < 1.29 is 14.0 Å². The molecule has 134 valence electrons. The molecule has 0 fully saturated rings. The highest BCUT2D eigenvalue weighted by Gasteiger charge is 2.42. The molecule has 0 saturated heterocycles. The zero-order valence-electron chi connectivity index (χ0n) is 16.6. The Kier molecular flexibility index (Phi) is 6.31. The van der Waals surface area contributed by atoms with E-state index in [1.807, 2.05) is 0 Å². The number of esters is 1. The predicted octanol–water partition coefficient (Wildman–Crippen LogP) is 5.47. The molecule has 0 aliphatic heterocycles. The molecule has 0 aromatic heterocycles. The van der Waals surface area contributed by atoms with Crippen molar-refractivity contribution in [2.45, 2.75) is 92.0 Å². The van der Waals surface area contributed by atoms with Gasteiger partial charge in [-0.3, -0.25) is 4.79 Å². The van der Waals surface area contributed by atoms with Gasteiger partial charge in [-0.25, -0.2) is 0 Å². The summed E-state index contributed by atoms with van der Waals surface area (Å²) in [6, 6.07) is 0. The van der Waals surface area contributed by atoms with E-state index in [2.05, 4.69) is 54.6 Å². The van der Waals surface area contributed by atoms with Gasteiger partial charge in [-0.05, 0) is 43.3 Å². The molecule has 0 saturated carbocycles. The summed E-state index contributed by atoms with van der Waals surface area (Å²) in [7, 11) is -1.74. The van der Waals surface area contributed by atoms with E-state index < -0.39 is 8.32 Å². The summed E-state index contributed by atoms with van der Waals surface area (Å²) in [5, 5.41) is 0.240. The van der Waals surface area contributed by atoms with Crippen molar-refractivity contribution >= 4 is 14.3 Å². The Morgan fingerprint density at radius 2 is 1.87 bits per heavy atom. The highest BCUT2D eigenvalue weighted by Crippen LogP contribution is 2.45. The maximum Gasteiger partial charge on any atom is 0.302 e. The summed E-state index contributed by atoms with van der Waals surface area (Å²) >= 11 is 0. The molecular weight excluding hydrogens is 304 g/mol. The van der Waals surface area contributed by atoms with Crippen LogP contribution in [0.15, 0.2) is 11.1 Å². The Morgan fingerprint density at radius 1 is 1.30 bits per heavy atom. The number of rotatable bonds is 5. The van der Waals surface area contributed by atoms with Crippen LogP contribution in [0.5, 0.6) is 0 Å². The second-order valence-corrected chi connectivity index (χ2v) is 13.9. The van der Waals surface area contributed by atoms with E-state index in [4.69, 9.17) is 9.16 Å². The summed E-state index contributed by atoms with van der Waals surface area (Å²) in [5.41, 5.74) is 2.96. The molecule has 0 unspecified atom stereocenters. The molecule has 1 aliphatic carbocycles. The van der Waals surface area contributed by atoms with Crippen molar-refractivity contribution in [3.05, 3.63) is 11.1 Å². The van der Waals surface area contributed by atoms with Gasteiger partial charge in [0.15, 0.2) is 8.32 Å². The first kappa shape index (κ1) is 20.4. The SMILES string of the molecule is CC(=O)OCCC1=C(C)C[C@@H](O[Si](C)(C)C(C)(C)C)CC1(C)C. The van der Waals surface area contributed by atoms with Crippen LogP contribution in [0.3, 0.4) is 0 Å². The van der Waals surface area contributed by atoms with Crippen LogP contribution in [-0.4, -0.2) is 27.0 Å². The van der Waals surface area contributed by atoms with Gasteiger partial charge >= 0.3 is 5.97 Å². The second-order valence-electron chi connectivity index (χ2n) is 9.14. The average Bonchev–Trinajstić information content (AvgIpc) is 2.29. The molecule has 1 rings (SSSR count). The molecule has 1 atom stereocenters. The molecule has 0 amide bonds. The van der Waals surface area contributed by atoms with E-state index in [1.165, 1.54) is 18.1 Å². The fraction of sp³-hybridized carbons (Fsp3) is 0.842. The summed E-state index contributed by atoms with van der Waals surface area (Å²) in [6.07, 6.45) is 3.20. The third-order valence-corrected chi connectivity index (χ3v) is 10.1. The largest absolute Gasteiger partial charge is 0.466 e. The molecule has 0 spiro atoms. The molecule has 0 aromatic carbocycles. The highest BCUT2D eigenvalue weighted by atomic mass is 28.4. The first-order valence-corrected chi connectivity index (χ1v) is 11.7. The molecule has 0 aromatic rings. The van der Waals surface area contributed by atoms with Gasteiger partial charge in [0.25, 0.3) is 0 Å². The lowest BCUT2D eigenvalue weighted by atomic mass is 9.70. The van der Waals surface area contributed by atoms with Crippen LogP contribution in [0.4, 0.5) is 0 Å². The molecule has 3 nitrogen and oxygen atoms in total. The topological polar surface area (TPSA) is 35.5 Å². The molecule has 0 radical (unpaired) electrons. The monoisotopic (exact) mass is 340 g/mol. The normalized spacial score (nSPS) is 22.2. The molecule has 1 aliphatic rings. The minimum Gasteiger partial charge on any atom is -0.466 e. The first-order chi connectivity index (χ1) is 10.3. The first-order valence-electron chi connectivity index (χ1n) is 8.76. The van der Waals surface area contributed by atoms with Crippen LogP contribution in [-0.2, 0) is 14.0 Å². The minimum absolute atomic E-state index is 0.107. The van der Waals surface area contributed by atoms with Crippen molar-refractivity contribution in [3.63, 3.8) is 0 Å². The number of carbonyl (C=O) groups excluding carboxylic acids is 1. The van der Waals surface area contributed by atoms with Crippen LogP contribution in [0.25, 0.3) is 0 Å². The number of hydrogen-bond acceptors (Lipinski definition) is 3. The number of hydrogen-bond donors (Lipinski definition) is 0. The fourth-order valence-electron chi connectivity index (χ4n) is 3.33. The molecule has 23 heavy (non-hydrogen) atoms. The van der Waals surface area contributed by atoms with Crippen molar-refractivity contribution in [2.75, 3.05) is 6.61 Å². The van der Waals surface area contributed by atoms with Crippen molar-refractivity contribution in [1.82, 2.24) is 0 Å². The highest BCUT2D eigenvalue weighted by molar-refractivity contribution is 6.74. The summed E-state index contributed by atoms with van der Waals surface area (Å²) in [6.45, 7) is 20.3. The molecule has 0 N–H and O–H groups in total. The third kappa shape index (κ3) is 5.46. The van der Waals surface area contributed by atoms with Gasteiger partial charge in [0.2, 0.25) is 0 Å². The van der Waals surface area contributed by atoms with E-state index in [1.54, 1.807) is 0 Å². The standard InChI is InChI=1S/C19H36O3Si/c1-14-12-16(22-23(8,9)18(3,4)5)13-19(6,7)17(14)10-11-21-15(2)20/h16H,10-13H2,1-9H3/t16-/m1/s1. The third-order valence-electron chi connectivity index (χ3n) is 5.53. The van der Waals surface area contributed by atoms with Crippen LogP contribution in [0.1, 0.15) is 67.7 Å². The van der Waals surface area contributed by atoms with E-state index in [0.717, 1.165) is 19.3 Å². The summed E-state index contributed by atoms with van der Waals surface area (Å²) in [5.74, 6) is -0.198. The predicted molar refractivity (Wildman–Crippen MR) is 99.0 cm³/mol. The fourth-order valence-corrected chi connectivity index (χ4v) is 4.69. The van der Waals surface area contributed by atoms with Crippen molar-refractivity contribution in [1.29, 1.82) is 0 Å². The zero-order valence-corrected chi connectivity index (χ0v) is 17.6. The van der Waals surface area contributed by atoms with E-state index in [9.17, 15) is 4.79 Å². The Bertz CT molecular complexity index is 469. The van der Waals surface area contributed by atoms with Gasteiger partial charge in [0.05, 0.1) is 6.61 Å². The Balaban J connectivity index is 2.83. The van der Waals surface area contributed by atoms with Crippen LogP contribution in [0, 0.1) is 5.41 Å². The van der Waals surface area contributed by atoms with Gasteiger partial charge in [-0.2, -0.15) is 0 Å². The Hall–Kier alpha value is -0.613. The number of ether oxygens (including phenoxy) is 1. The molecule has 0 bridgehead atoms. The van der Waals surface area contributed by atoms with Gasteiger partial charge in [-0.1, -0.05) is 45.8 Å². The van der Waals surface area contributed by atoms with Gasteiger partial charge in [0.1, 0.15) is 0 Å². The lowest BCUT2D eigenvalue weighted by Gasteiger charge is -2.45. The molecule has 0 heterocycles. The zero-order chi connectivity index (χ0) is 18.1. The van der Waals surface area contributed by atoms with Crippen molar-refractivity contribution in [3.8, 4) is 0 Å². The lowest BCUT2D eigenvalue weighted by Crippen LogP contribution is -2.46. The van der Waals surface area contributed by atoms with Crippen molar-refractivity contribution in [2.24, 2.45) is 5.41 Å². The number of carbonyl (C=O) groups is 1. The quantitative estimate of drug-likeness (QED) is 0.378. The lowest BCUT2D eigenvalue weighted by molar-refractivity contribution is -0.140. The van der Waals surface area contributed by atoms with Crippen LogP contribution in [0.2, 0.25) is 18.1 Å². The van der Waals surface area contributed by atoms with E-state index >= 15 is 0 Å². The average molecular weight is 341 g/mol. The summed E-state index contributed by atoms with van der Waals surface area (Å²) < 4.78 is 11.8. The smallest absolute Gasteiger partial charge is 0.302 e. The Labute approximate surface area is 144 Å². The minimum atomic E-state index is -1.74. The van der Waals surface area contributed by atoms with E-state index in [0.29, 0.717) is 12.7 Å². The van der Waals surface area contributed by atoms with Gasteiger partial charge in [-0.15, -0.1) is 0 Å². The van der Waals surface area contributed by atoms with Crippen LogP contribution < -0.4 is 0 Å². The van der Waals surface area contributed by atoms with Gasteiger partial charge in [0, 0.05) is 19.4 Å². The van der Waals surface area contributed by atoms with Gasteiger partial charge < -0.3 is 9.16 Å². The maximum atomic E-state index is 11.0. The summed E-state index contributed by atoms with van der Waals surface area (Å²) in [4.78, 5) is 11.0. The molecular formula is C19H36O3Si. The Morgan fingerprint density at radius 3 is 2.30 bits per heavy atom. The second kappa shape index (κ2) is 7.10. The maximum absolute atomic E-state index is 11.0.